The van der Waals surface area contributed by atoms with Crippen LogP contribution in [0, 0.1) is 20.2 Å². The Morgan fingerprint density at radius 1 is 0.885 bits per heavy atom. The molecule has 0 saturated heterocycles. The molecule has 0 fully saturated rings. The largest absolute Gasteiger partial charge is 0.451 e. The maximum atomic E-state index is 12.2. The number of nitro groups is 2. The van der Waals surface area contributed by atoms with Crippen molar-refractivity contribution < 1.29 is 19.1 Å². The van der Waals surface area contributed by atoms with E-state index in [9.17, 15) is 25.0 Å². The third-order valence-electron chi connectivity index (χ3n) is 3.51. The Morgan fingerprint density at radius 2 is 1.58 bits per heavy atom. The van der Waals surface area contributed by atoms with Crippen molar-refractivity contribution >= 4 is 23.0 Å². The Balaban J connectivity index is 1.76. The van der Waals surface area contributed by atoms with Crippen LogP contribution >= 0.6 is 0 Å². The summed E-state index contributed by atoms with van der Waals surface area (Å²) < 4.78 is 5.47. The van der Waals surface area contributed by atoms with Crippen LogP contribution in [0.4, 0.5) is 17.1 Å². The summed E-state index contributed by atoms with van der Waals surface area (Å²) in [5.74, 6) is -0.201. The zero-order valence-electron chi connectivity index (χ0n) is 13.1. The standard InChI is InChI=1S/C17H11N3O6/c21-17(18-12-2-1-3-14(10-12)20(24)25)16-9-8-15(26-16)11-4-6-13(7-5-11)19(22)23/h1-10H,(H,18,21). The first-order valence-corrected chi connectivity index (χ1v) is 7.34. The number of hydrogen-bond acceptors (Lipinski definition) is 6. The van der Waals surface area contributed by atoms with Crippen molar-refractivity contribution in [2.45, 2.75) is 0 Å². The number of carbonyl (C=O) groups is 1. The number of benzene rings is 2. The summed E-state index contributed by atoms with van der Waals surface area (Å²) in [5.41, 5.74) is 0.639. The van der Waals surface area contributed by atoms with E-state index in [0.29, 0.717) is 11.3 Å². The molecule has 3 rings (SSSR count). The zero-order chi connectivity index (χ0) is 18.7. The van der Waals surface area contributed by atoms with E-state index >= 15 is 0 Å². The van der Waals surface area contributed by atoms with Gasteiger partial charge in [-0.15, -0.1) is 0 Å². The van der Waals surface area contributed by atoms with Gasteiger partial charge in [0.2, 0.25) is 0 Å². The van der Waals surface area contributed by atoms with E-state index < -0.39 is 15.8 Å². The number of hydrogen-bond donors (Lipinski definition) is 1. The predicted octanol–water partition coefficient (Wildman–Crippen LogP) is 4.02. The second kappa shape index (κ2) is 6.85. The number of non-ortho nitro benzene ring substituents is 2. The molecule has 0 bridgehead atoms. The number of carbonyl (C=O) groups excluding carboxylic acids is 1. The smallest absolute Gasteiger partial charge is 0.291 e. The molecule has 0 atom stereocenters. The van der Waals surface area contributed by atoms with Gasteiger partial charge in [0, 0.05) is 35.5 Å². The zero-order valence-corrected chi connectivity index (χ0v) is 13.1. The number of nitrogens with zero attached hydrogens (tertiary/aromatic N) is 2. The van der Waals surface area contributed by atoms with Crippen molar-refractivity contribution in [1.29, 1.82) is 0 Å². The molecule has 3 aromatic rings. The van der Waals surface area contributed by atoms with Crippen LogP contribution in [-0.4, -0.2) is 15.8 Å². The molecular weight excluding hydrogens is 342 g/mol. The fourth-order valence-electron chi connectivity index (χ4n) is 2.25. The third kappa shape index (κ3) is 3.56. The first-order valence-electron chi connectivity index (χ1n) is 7.34. The van der Waals surface area contributed by atoms with Gasteiger partial charge >= 0.3 is 0 Å². The van der Waals surface area contributed by atoms with Crippen LogP contribution in [0.1, 0.15) is 10.6 Å². The van der Waals surface area contributed by atoms with Gasteiger partial charge in [0.1, 0.15) is 5.76 Å². The highest BCUT2D eigenvalue weighted by molar-refractivity contribution is 6.02. The first kappa shape index (κ1) is 16.8. The molecule has 0 spiro atoms. The van der Waals surface area contributed by atoms with E-state index in [0.717, 1.165) is 0 Å². The lowest BCUT2D eigenvalue weighted by atomic mass is 10.1. The van der Waals surface area contributed by atoms with E-state index in [1.54, 1.807) is 6.07 Å². The number of nitro benzene ring substituents is 2. The lowest BCUT2D eigenvalue weighted by Gasteiger charge is -2.03. The van der Waals surface area contributed by atoms with Crippen LogP contribution in [0.25, 0.3) is 11.3 Å². The summed E-state index contributed by atoms with van der Waals surface area (Å²) in [5, 5.41) is 24.0. The van der Waals surface area contributed by atoms with Crippen molar-refractivity contribution in [3.05, 3.63) is 86.7 Å². The number of amides is 1. The molecule has 0 aliphatic carbocycles. The molecule has 0 saturated carbocycles. The van der Waals surface area contributed by atoms with Gasteiger partial charge in [0.25, 0.3) is 17.3 Å². The number of nitrogens with one attached hydrogen (secondary N) is 1. The lowest BCUT2D eigenvalue weighted by Crippen LogP contribution is -2.10. The van der Waals surface area contributed by atoms with Crippen molar-refractivity contribution in [3.8, 4) is 11.3 Å². The lowest BCUT2D eigenvalue weighted by molar-refractivity contribution is -0.385. The van der Waals surface area contributed by atoms with Crippen LogP contribution in [0.15, 0.2) is 65.1 Å². The quantitative estimate of drug-likeness (QED) is 0.545. The summed E-state index contributed by atoms with van der Waals surface area (Å²) in [7, 11) is 0. The Hall–Kier alpha value is -4.01. The normalized spacial score (nSPS) is 10.3. The SMILES string of the molecule is O=C(Nc1cccc([N+](=O)[O-])c1)c1ccc(-c2ccc([N+](=O)[O-])cc2)o1. The van der Waals surface area contributed by atoms with E-state index in [1.165, 1.54) is 54.6 Å². The molecule has 26 heavy (non-hydrogen) atoms. The maximum absolute atomic E-state index is 12.2. The second-order valence-electron chi connectivity index (χ2n) is 5.23. The monoisotopic (exact) mass is 353 g/mol. The molecule has 0 radical (unpaired) electrons. The molecule has 9 nitrogen and oxygen atoms in total. The molecule has 0 aliphatic rings. The highest BCUT2D eigenvalue weighted by Gasteiger charge is 2.15. The van der Waals surface area contributed by atoms with Gasteiger partial charge in [-0.2, -0.15) is 0 Å². The Bertz CT molecular complexity index is 994. The second-order valence-corrected chi connectivity index (χ2v) is 5.23. The molecule has 1 heterocycles. The minimum absolute atomic E-state index is 0.00450. The molecule has 2 aromatic carbocycles. The summed E-state index contributed by atoms with van der Waals surface area (Å²) >= 11 is 0. The van der Waals surface area contributed by atoms with Gasteiger partial charge in [-0.1, -0.05) is 6.07 Å². The van der Waals surface area contributed by atoms with E-state index in [2.05, 4.69) is 5.32 Å². The number of rotatable bonds is 5. The molecule has 1 aromatic heterocycles. The van der Waals surface area contributed by atoms with Crippen LogP contribution in [0.2, 0.25) is 0 Å². The van der Waals surface area contributed by atoms with Gasteiger partial charge in [-0.25, -0.2) is 0 Å². The summed E-state index contributed by atoms with van der Waals surface area (Å²) in [6, 6.07) is 14.2. The number of anilines is 1. The highest BCUT2D eigenvalue weighted by Crippen LogP contribution is 2.25. The van der Waals surface area contributed by atoms with E-state index in [-0.39, 0.29) is 22.8 Å². The minimum atomic E-state index is -0.571. The highest BCUT2D eigenvalue weighted by atomic mass is 16.6. The molecular formula is C17H11N3O6. The first-order chi connectivity index (χ1) is 12.4. The summed E-state index contributed by atoms with van der Waals surface area (Å²) in [4.78, 5) is 32.6. The van der Waals surface area contributed by atoms with Crippen LogP contribution in [-0.2, 0) is 0 Å². The van der Waals surface area contributed by atoms with E-state index in [4.69, 9.17) is 4.42 Å². The Labute approximate surface area is 146 Å². The van der Waals surface area contributed by atoms with Crippen LogP contribution in [0.5, 0.6) is 0 Å². The predicted molar refractivity (Wildman–Crippen MR) is 91.8 cm³/mol. The van der Waals surface area contributed by atoms with Gasteiger partial charge < -0.3 is 9.73 Å². The summed E-state index contributed by atoms with van der Waals surface area (Å²) in [6.45, 7) is 0. The third-order valence-corrected chi connectivity index (χ3v) is 3.51. The van der Waals surface area contributed by atoms with Crippen molar-refractivity contribution in [1.82, 2.24) is 0 Å². The van der Waals surface area contributed by atoms with Gasteiger partial charge in [-0.3, -0.25) is 25.0 Å². The average Bonchev–Trinajstić information content (AvgIpc) is 3.12. The molecule has 1 N–H and O–H groups in total. The topological polar surface area (TPSA) is 129 Å². The minimum Gasteiger partial charge on any atom is -0.451 e. The summed E-state index contributed by atoms with van der Waals surface area (Å²) in [6.07, 6.45) is 0. The average molecular weight is 353 g/mol. The van der Waals surface area contributed by atoms with Gasteiger partial charge in [-0.05, 0) is 30.3 Å². The molecule has 130 valence electrons. The maximum Gasteiger partial charge on any atom is 0.291 e. The Morgan fingerprint density at radius 3 is 2.23 bits per heavy atom. The van der Waals surface area contributed by atoms with Crippen LogP contribution < -0.4 is 5.32 Å². The van der Waals surface area contributed by atoms with Gasteiger partial charge in [0.15, 0.2) is 5.76 Å². The fourth-order valence-corrected chi connectivity index (χ4v) is 2.25. The molecule has 9 heteroatoms. The van der Waals surface area contributed by atoms with Crippen molar-refractivity contribution in [2.24, 2.45) is 0 Å². The molecule has 0 unspecified atom stereocenters. The molecule has 1 amide bonds. The number of furan rings is 1. The van der Waals surface area contributed by atoms with Crippen LogP contribution in [0.3, 0.4) is 0 Å². The van der Waals surface area contributed by atoms with Gasteiger partial charge in [0.05, 0.1) is 9.85 Å². The van der Waals surface area contributed by atoms with Crippen molar-refractivity contribution in [3.63, 3.8) is 0 Å². The van der Waals surface area contributed by atoms with E-state index in [1.807, 2.05) is 0 Å². The van der Waals surface area contributed by atoms with Crippen molar-refractivity contribution in [2.75, 3.05) is 5.32 Å². The fraction of sp³-hybridized carbons (Fsp3) is 0. The molecule has 0 aliphatic heterocycles. The Kier molecular flexibility index (Phi) is 4.44.